The van der Waals surface area contributed by atoms with Gasteiger partial charge >= 0.3 is 12.1 Å². The fraction of sp³-hybridized carbons (Fsp3) is 0.833. The highest BCUT2D eigenvalue weighted by atomic mass is 19.4. The van der Waals surface area contributed by atoms with Crippen molar-refractivity contribution in [3.8, 4) is 0 Å². The first kappa shape index (κ1) is 17.7. The van der Waals surface area contributed by atoms with Crippen molar-refractivity contribution in [2.24, 2.45) is 11.3 Å². The van der Waals surface area contributed by atoms with Crippen molar-refractivity contribution in [2.45, 2.75) is 52.8 Å². The highest BCUT2D eigenvalue weighted by Gasteiger charge is 2.38. The van der Waals surface area contributed by atoms with E-state index < -0.39 is 35.9 Å². The summed E-state index contributed by atoms with van der Waals surface area (Å²) >= 11 is 0. The summed E-state index contributed by atoms with van der Waals surface area (Å²) in [6.45, 7) is 6.91. The van der Waals surface area contributed by atoms with Gasteiger partial charge in [0.2, 0.25) is 5.91 Å². The van der Waals surface area contributed by atoms with Gasteiger partial charge in [-0.1, -0.05) is 27.7 Å². The van der Waals surface area contributed by atoms with E-state index in [0.717, 1.165) is 0 Å². The molecule has 1 atom stereocenters. The lowest BCUT2D eigenvalue weighted by Crippen LogP contribution is -2.48. The molecule has 0 aromatic rings. The molecule has 0 rings (SSSR count). The lowest BCUT2D eigenvalue weighted by molar-refractivity contribution is -0.161. The molecule has 0 aliphatic heterocycles. The van der Waals surface area contributed by atoms with Crippen LogP contribution in [0.25, 0.3) is 0 Å². The third-order valence-corrected chi connectivity index (χ3v) is 2.57. The van der Waals surface area contributed by atoms with E-state index in [9.17, 15) is 22.8 Å². The number of alkyl halides is 3. The molecule has 1 unspecified atom stereocenters. The largest absolute Gasteiger partial charge is 0.480 e. The van der Waals surface area contributed by atoms with Gasteiger partial charge in [-0.15, -0.1) is 0 Å². The molecule has 0 aliphatic rings. The van der Waals surface area contributed by atoms with Gasteiger partial charge in [-0.3, -0.25) is 4.79 Å². The Morgan fingerprint density at radius 2 is 1.63 bits per heavy atom. The maximum absolute atomic E-state index is 12.2. The average Bonchev–Trinajstić information content (AvgIpc) is 2.11. The summed E-state index contributed by atoms with van der Waals surface area (Å²) in [6, 6.07) is -1.95. The molecule has 0 aromatic carbocycles. The Kier molecular flexibility index (Phi) is 5.83. The first-order chi connectivity index (χ1) is 8.35. The molecule has 1 amide bonds. The minimum Gasteiger partial charge on any atom is -0.480 e. The third kappa shape index (κ3) is 7.03. The van der Waals surface area contributed by atoms with E-state index in [1.54, 1.807) is 13.8 Å². The second-order valence-electron chi connectivity index (χ2n) is 5.67. The Labute approximate surface area is 110 Å². The number of halogens is 3. The van der Waals surface area contributed by atoms with E-state index in [1.165, 1.54) is 0 Å². The van der Waals surface area contributed by atoms with Crippen LogP contribution in [-0.4, -0.2) is 29.2 Å². The molecule has 7 heteroatoms. The lowest BCUT2D eigenvalue weighted by Gasteiger charge is -2.27. The van der Waals surface area contributed by atoms with Crippen LogP contribution in [0, 0.1) is 11.3 Å². The van der Waals surface area contributed by atoms with E-state index in [0.29, 0.717) is 6.42 Å². The summed E-state index contributed by atoms with van der Waals surface area (Å²) in [5.74, 6) is -2.20. The zero-order valence-electron chi connectivity index (χ0n) is 11.5. The molecule has 0 aromatic heterocycles. The summed E-state index contributed by atoms with van der Waals surface area (Å²) in [4.78, 5) is 22.6. The van der Waals surface area contributed by atoms with E-state index in [2.05, 4.69) is 0 Å². The van der Waals surface area contributed by atoms with Crippen LogP contribution >= 0.6 is 0 Å². The molecule has 0 radical (unpaired) electrons. The number of carbonyl (C=O) groups is 2. The van der Waals surface area contributed by atoms with Gasteiger partial charge in [-0.25, -0.2) is 4.79 Å². The molecule has 0 heterocycles. The fourth-order valence-electron chi connectivity index (χ4n) is 1.90. The second kappa shape index (κ2) is 6.25. The molecule has 0 bridgehead atoms. The quantitative estimate of drug-likeness (QED) is 0.787. The van der Waals surface area contributed by atoms with Gasteiger partial charge in [0.15, 0.2) is 0 Å². The van der Waals surface area contributed by atoms with Gasteiger partial charge in [0, 0.05) is 5.41 Å². The van der Waals surface area contributed by atoms with Gasteiger partial charge in [-0.05, 0) is 12.3 Å². The van der Waals surface area contributed by atoms with Crippen LogP contribution in [0.4, 0.5) is 13.2 Å². The third-order valence-electron chi connectivity index (χ3n) is 2.57. The van der Waals surface area contributed by atoms with Crippen molar-refractivity contribution in [3.05, 3.63) is 0 Å². The molecule has 0 fully saturated rings. The molecule has 0 saturated carbocycles. The molecule has 0 aliphatic carbocycles. The number of carbonyl (C=O) groups excluding carboxylic acids is 1. The maximum atomic E-state index is 12.2. The van der Waals surface area contributed by atoms with Gasteiger partial charge in [-0.2, -0.15) is 13.2 Å². The predicted octanol–water partition coefficient (Wildman–Crippen LogP) is 2.58. The highest BCUT2D eigenvalue weighted by molar-refractivity contribution is 5.86. The summed E-state index contributed by atoms with van der Waals surface area (Å²) in [5.41, 5.74) is -0.909. The van der Waals surface area contributed by atoms with E-state index in [-0.39, 0.29) is 5.92 Å². The van der Waals surface area contributed by atoms with Crippen molar-refractivity contribution in [1.29, 1.82) is 0 Å². The monoisotopic (exact) mass is 283 g/mol. The molecular formula is C12H20F3NO3. The van der Waals surface area contributed by atoms with E-state index in [1.807, 2.05) is 19.2 Å². The predicted molar refractivity (Wildman–Crippen MR) is 63.5 cm³/mol. The number of rotatable bonds is 6. The van der Waals surface area contributed by atoms with Crippen LogP contribution in [0.15, 0.2) is 0 Å². The van der Waals surface area contributed by atoms with Crippen LogP contribution in [-0.2, 0) is 9.59 Å². The molecular weight excluding hydrogens is 263 g/mol. The van der Waals surface area contributed by atoms with Gasteiger partial charge in [0.1, 0.15) is 6.04 Å². The number of carboxylic acids is 1. The average molecular weight is 283 g/mol. The molecule has 4 nitrogen and oxygen atoms in total. The molecule has 0 saturated heterocycles. The number of hydrogen-bond acceptors (Lipinski definition) is 2. The van der Waals surface area contributed by atoms with Gasteiger partial charge in [0.25, 0.3) is 0 Å². The van der Waals surface area contributed by atoms with Gasteiger partial charge < -0.3 is 10.4 Å². The minimum atomic E-state index is -4.64. The maximum Gasteiger partial charge on any atom is 0.391 e. The first-order valence-electron chi connectivity index (χ1n) is 5.95. The topological polar surface area (TPSA) is 66.4 Å². The molecule has 0 spiro atoms. The SMILES string of the molecule is CC(C)CC(C)(C)C(=O)NC(CC(F)(F)F)C(=O)O. The Morgan fingerprint density at radius 3 is 1.95 bits per heavy atom. The Balaban J connectivity index is 4.77. The normalized spacial score (nSPS) is 14.3. The Bertz CT molecular complexity index is 338. The minimum absolute atomic E-state index is 0.173. The summed E-state index contributed by atoms with van der Waals surface area (Å²) in [5, 5.41) is 10.7. The van der Waals surface area contributed by atoms with Crippen molar-refractivity contribution >= 4 is 11.9 Å². The summed E-state index contributed by atoms with van der Waals surface area (Å²) in [6.07, 6.45) is -5.76. The summed E-state index contributed by atoms with van der Waals surface area (Å²) in [7, 11) is 0. The lowest BCUT2D eigenvalue weighted by atomic mass is 9.83. The van der Waals surface area contributed by atoms with Crippen LogP contribution in [0.3, 0.4) is 0 Å². The zero-order valence-corrected chi connectivity index (χ0v) is 11.5. The van der Waals surface area contributed by atoms with Crippen LogP contribution < -0.4 is 5.32 Å². The number of hydrogen-bond donors (Lipinski definition) is 2. The Hall–Kier alpha value is -1.27. The van der Waals surface area contributed by atoms with Crippen LogP contribution in [0.5, 0.6) is 0 Å². The Morgan fingerprint density at radius 1 is 1.16 bits per heavy atom. The van der Waals surface area contributed by atoms with Crippen molar-refractivity contribution in [3.63, 3.8) is 0 Å². The highest BCUT2D eigenvalue weighted by Crippen LogP contribution is 2.27. The van der Waals surface area contributed by atoms with Crippen molar-refractivity contribution in [2.75, 3.05) is 0 Å². The van der Waals surface area contributed by atoms with E-state index in [4.69, 9.17) is 5.11 Å². The van der Waals surface area contributed by atoms with Crippen molar-refractivity contribution in [1.82, 2.24) is 5.32 Å². The number of carboxylic acid groups (broad SMARTS) is 1. The van der Waals surface area contributed by atoms with Gasteiger partial charge in [0.05, 0.1) is 6.42 Å². The standard InChI is InChI=1S/C12H20F3NO3/c1-7(2)5-11(3,4)10(19)16-8(9(17)18)6-12(13,14)15/h7-8H,5-6H2,1-4H3,(H,16,19)(H,17,18). The van der Waals surface area contributed by atoms with Crippen molar-refractivity contribution < 1.29 is 27.9 Å². The second-order valence-corrected chi connectivity index (χ2v) is 5.67. The molecule has 112 valence electrons. The fourth-order valence-corrected chi connectivity index (χ4v) is 1.90. The number of amides is 1. The van der Waals surface area contributed by atoms with Crippen LogP contribution in [0.2, 0.25) is 0 Å². The molecule has 2 N–H and O–H groups in total. The smallest absolute Gasteiger partial charge is 0.391 e. The first-order valence-corrected chi connectivity index (χ1v) is 5.95. The number of aliphatic carboxylic acids is 1. The summed E-state index contributed by atoms with van der Waals surface area (Å²) < 4.78 is 36.6. The van der Waals surface area contributed by atoms with E-state index >= 15 is 0 Å². The zero-order chi connectivity index (χ0) is 15.4. The number of nitrogens with one attached hydrogen (secondary N) is 1. The van der Waals surface area contributed by atoms with Crippen LogP contribution in [0.1, 0.15) is 40.5 Å². The molecule has 19 heavy (non-hydrogen) atoms.